The molecule has 0 fully saturated rings. The molecule has 2 aromatic carbocycles. The summed E-state index contributed by atoms with van der Waals surface area (Å²) in [4.78, 5) is 14.8. The smallest absolute Gasteiger partial charge is 1.00 e. The third kappa shape index (κ3) is 6.55. The fourth-order valence-corrected chi connectivity index (χ4v) is 4.09. The third-order valence-electron chi connectivity index (χ3n) is 5.65. The van der Waals surface area contributed by atoms with Gasteiger partial charge in [-0.1, -0.05) is 44.2 Å². The van der Waals surface area contributed by atoms with Crippen LogP contribution in [0.2, 0.25) is 0 Å². The van der Waals surface area contributed by atoms with E-state index >= 15 is 0 Å². The molecule has 37 heavy (non-hydrogen) atoms. The number of fused-ring (bicyclic) bond motifs is 2. The predicted octanol–water partition coefficient (Wildman–Crippen LogP) is -0.111. The van der Waals surface area contributed by atoms with Crippen molar-refractivity contribution in [3.63, 3.8) is 0 Å². The molecule has 0 saturated carbocycles. The average Bonchev–Trinajstić information content (AvgIpc) is 3.43. The quantitative estimate of drug-likeness (QED) is 0.217. The van der Waals surface area contributed by atoms with Gasteiger partial charge in [0.15, 0.2) is 11.6 Å². The summed E-state index contributed by atoms with van der Waals surface area (Å²) in [6.07, 6.45) is 1.93. The number of halogens is 2. The second-order valence-corrected chi connectivity index (χ2v) is 8.19. The largest absolute Gasteiger partial charge is 2.00 e. The molecule has 193 valence electrons. The molecule has 0 aliphatic carbocycles. The minimum atomic E-state index is 0. The van der Waals surface area contributed by atoms with Crippen molar-refractivity contribution in [1.29, 1.82) is 0 Å². The van der Waals surface area contributed by atoms with E-state index < -0.39 is 0 Å². The van der Waals surface area contributed by atoms with Gasteiger partial charge in [0.2, 0.25) is 0 Å². The number of imidazole rings is 2. The summed E-state index contributed by atoms with van der Waals surface area (Å²) in [6, 6.07) is 22.2. The minimum absolute atomic E-state index is 0. The molecule has 3 aromatic heterocycles. The Kier molecular flexibility index (Phi) is 12.1. The molecule has 1 radical (unpaired) electrons. The molecule has 0 bridgehead atoms. The van der Waals surface area contributed by atoms with Crippen molar-refractivity contribution in [2.45, 2.75) is 40.2 Å². The normalized spacial score (nSPS) is 10.6. The zero-order valence-electron chi connectivity index (χ0n) is 20.8. The van der Waals surface area contributed by atoms with E-state index in [9.17, 15) is 0 Å². The van der Waals surface area contributed by atoms with Crippen LogP contribution in [0.5, 0.6) is 0 Å². The van der Waals surface area contributed by atoms with Gasteiger partial charge < -0.3 is 34.3 Å². The summed E-state index contributed by atoms with van der Waals surface area (Å²) < 4.78 is 16.0. The summed E-state index contributed by atoms with van der Waals surface area (Å²) in [6.45, 7) is 6.46. The maximum Gasteiger partial charge on any atom is 2.00 e. The predicted molar refractivity (Wildman–Crippen MR) is 134 cm³/mol. The first-order valence-corrected chi connectivity index (χ1v) is 11.8. The number of nitrogens with zero attached hydrogens (tertiary/aromatic N) is 5. The minimum Gasteiger partial charge on any atom is -1.00 e. The fraction of sp³-hybridized carbons (Fsp3) is 0.296. The van der Waals surface area contributed by atoms with Crippen molar-refractivity contribution in [2.24, 2.45) is 0 Å². The molecular weight excluding hydrogens is 548 g/mol. The molecule has 5 rings (SSSR count). The number of hydrogen-bond donors (Lipinski definition) is 0. The van der Waals surface area contributed by atoms with Crippen molar-refractivity contribution >= 4 is 22.1 Å². The van der Waals surface area contributed by atoms with Crippen molar-refractivity contribution < 1.29 is 52.8 Å². The number of benzene rings is 2. The molecule has 7 nitrogen and oxygen atoms in total. The maximum atomic E-state index is 5.89. The van der Waals surface area contributed by atoms with Crippen LogP contribution in [-0.2, 0) is 41.5 Å². The van der Waals surface area contributed by atoms with Gasteiger partial charge in [-0.25, -0.2) is 15.0 Å². The van der Waals surface area contributed by atoms with Crippen LogP contribution in [0.25, 0.3) is 45.1 Å². The number of hydrogen-bond acceptors (Lipinski definition) is 5. The molecule has 10 heteroatoms. The summed E-state index contributed by atoms with van der Waals surface area (Å²) in [5.41, 5.74) is 5.46. The van der Waals surface area contributed by atoms with Crippen LogP contribution in [0.4, 0.5) is 0 Å². The second-order valence-electron chi connectivity index (χ2n) is 8.19. The van der Waals surface area contributed by atoms with Crippen LogP contribution in [0.3, 0.4) is 0 Å². The van der Waals surface area contributed by atoms with E-state index in [1.54, 1.807) is 0 Å². The second kappa shape index (κ2) is 14.5. The van der Waals surface area contributed by atoms with E-state index in [0.717, 1.165) is 57.9 Å². The topological polar surface area (TPSA) is 67.0 Å². The zero-order valence-corrected chi connectivity index (χ0v) is 23.8. The molecule has 0 aliphatic rings. The summed E-state index contributed by atoms with van der Waals surface area (Å²) in [5, 5.41) is 0. The molecule has 0 unspecified atom stereocenters. The first kappa shape index (κ1) is 30.8. The van der Waals surface area contributed by atoms with E-state index in [1.165, 1.54) is 0 Å². The molecule has 0 aliphatic heterocycles. The zero-order chi connectivity index (χ0) is 23.3. The molecule has 0 amide bonds. The Hall–Kier alpha value is -2.39. The van der Waals surface area contributed by atoms with E-state index in [-0.39, 0.29) is 43.4 Å². The van der Waals surface area contributed by atoms with Gasteiger partial charge in [-0.3, -0.25) is 9.13 Å². The molecule has 0 atom stereocenters. The first-order valence-electron chi connectivity index (χ1n) is 11.8. The summed E-state index contributed by atoms with van der Waals surface area (Å²) in [7, 11) is 0. The van der Waals surface area contributed by atoms with E-state index in [2.05, 4.69) is 35.1 Å². The van der Waals surface area contributed by atoms with Gasteiger partial charge in [-0.05, 0) is 49.2 Å². The maximum absolute atomic E-state index is 5.89. The van der Waals surface area contributed by atoms with Gasteiger partial charge in [0.1, 0.15) is 24.8 Å². The van der Waals surface area contributed by atoms with Crippen molar-refractivity contribution in [3.8, 4) is 23.0 Å². The molecule has 0 N–H and O–H groups in total. The SMILES string of the molecule is CCCOCn1c(-c2cccc(-c3nc4ccccc4n3COCCC)n2)nc2ccccc21.[Cl-].[Cl-].[V+2]. The van der Waals surface area contributed by atoms with E-state index in [4.69, 9.17) is 24.4 Å². The average molecular weight is 577 g/mol. The van der Waals surface area contributed by atoms with Gasteiger partial charge in [-0.15, -0.1) is 0 Å². The number of para-hydroxylation sites is 4. The standard InChI is InChI=1S/C27H29N5O2.2ClH.V/c1-3-16-33-18-31-24-14-7-5-10-20(24)29-26(31)22-12-9-13-23(28-22)27-30-21-11-6-8-15-25(21)32(27)19-34-17-4-2;;;/h5-15H,3-4,16-19H2,1-2H3;2*1H;/q;;;+2/p-2. The van der Waals surface area contributed by atoms with Crippen molar-refractivity contribution in [2.75, 3.05) is 13.2 Å². The third-order valence-corrected chi connectivity index (χ3v) is 5.65. The number of pyridine rings is 1. The molecule has 0 saturated heterocycles. The van der Waals surface area contributed by atoms with Crippen molar-refractivity contribution in [3.05, 3.63) is 66.7 Å². The van der Waals surface area contributed by atoms with Crippen LogP contribution >= 0.6 is 0 Å². The van der Waals surface area contributed by atoms with Crippen LogP contribution in [0.15, 0.2) is 66.7 Å². The number of rotatable bonds is 10. The molecular formula is C27H29Cl2N5O2V. The Morgan fingerprint density at radius 3 is 1.46 bits per heavy atom. The summed E-state index contributed by atoms with van der Waals surface area (Å²) >= 11 is 0. The molecule has 3 heterocycles. The van der Waals surface area contributed by atoms with E-state index in [0.29, 0.717) is 26.7 Å². The van der Waals surface area contributed by atoms with Gasteiger partial charge in [0.25, 0.3) is 0 Å². The first-order chi connectivity index (χ1) is 16.8. The summed E-state index contributed by atoms with van der Waals surface area (Å²) in [5.74, 6) is 1.56. The van der Waals surface area contributed by atoms with Crippen molar-refractivity contribution in [1.82, 2.24) is 24.1 Å². The number of ether oxygens (including phenoxy) is 2. The van der Waals surface area contributed by atoms with Crippen LogP contribution in [0, 0.1) is 0 Å². The van der Waals surface area contributed by atoms with Crippen LogP contribution in [-0.4, -0.2) is 37.3 Å². The Morgan fingerprint density at radius 1 is 0.595 bits per heavy atom. The van der Waals surface area contributed by atoms with Gasteiger partial charge in [0, 0.05) is 13.2 Å². The number of aromatic nitrogens is 5. The molecule has 0 spiro atoms. The fourth-order valence-electron chi connectivity index (χ4n) is 4.09. The van der Waals surface area contributed by atoms with Crippen LogP contribution < -0.4 is 24.8 Å². The monoisotopic (exact) mass is 576 g/mol. The van der Waals surface area contributed by atoms with Gasteiger partial charge in [0.05, 0.1) is 22.1 Å². The molecule has 5 aromatic rings. The van der Waals surface area contributed by atoms with E-state index in [1.807, 2.05) is 54.6 Å². The Labute approximate surface area is 241 Å². The van der Waals surface area contributed by atoms with Gasteiger partial charge >= 0.3 is 18.6 Å². The Balaban J connectivity index is 0.00000160. The Morgan fingerprint density at radius 2 is 1.03 bits per heavy atom. The Bertz CT molecular complexity index is 1320. The van der Waals surface area contributed by atoms with Crippen LogP contribution in [0.1, 0.15) is 26.7 Å². The van der Waals surface area contributed by atoms with Gasteiger partial charge in [-0.2, -0.15) is 0 Å².